The highest BCUT2D eigenvalue weighted by molar-refractivity contribution is 7.92. The van der Waals surface area contributed by atoms with Gasteiger partial charge in [-0.2, -0.15) is 13.2 Å². The van der Waals surface area contributed by atoms with Crippen LogP contribution >= 0.6 is 0 Å². The molecule has 9 heteroatoms. The molecule has 0 radical (unpaired) electrons. The summed E-state index contributed by atoms with van der Waals surface area (Å²) in [7, 11) is -4.69. The van der Waals surface area contributed by atoms with Gasteiger partial charge in [0, 0.05) is 0 Å². The van der Waals surface area contributed by atoms with E-state index in [4.69, 9.17) is 10.5 Å². The van der Waals surface area contributed by atoms with Crippen molar-refractivity contribution in [1.29, 1.82) is 0 Å². The standard InChI is InChI=1S/C10H18F3NO4S/c1-9(2,3)18-8(15)6-19(16,17)7(4-5-14)10(11,12)13/h7H,4-6,14H2,1-3H3. The fourth-order valence-electron chi connectivity index (χ4n) is 1.33. The van der Waals surface area contributed by atoms with E-state index in [0.29, 0.717) is 0 Å². The van der Waals surface area contributed by atoms with Crippen molar-refractivity contribution in [3.05, 3.63) is 0 Å². The van der Waals surface area contributed by atoms with Crippen LogP contribution in [0.2, 0.25) is 0 Å². The van der Waals surface area contributed by atoms with Crippen LogP contribution in [0.3, 0.4) is 0 Å². The third kappa shape index (κ3) is 6.76. The molecular formula is C10H18F3NO4S. The van der Waals surface area contributed by atoms with Gasteiger partial charge in [-0.3, -0.25) is 4.79 Å². The van der Waals surface area contributed by atoms with Crippen LogP contribution < -0.4 is 5.73 Å². The number of rotatable bonds is 5. The van der Waals surface area contributed by atoms with Crippen LogP contribution in [0.15, 0.2) is 0 Å². The van der Waals surface area contributed by atoms with Gasteiger partial charge >= 0.3 is 12.1 Å². The van der Waals surface area contributed by atoms with Crippen molar-refractivity contribution in [2.24, 2.45) is 5.73 Å². The number of esters is 1. The van der Waals surface area contributed by atoms with E-state index in [0.717, 1.165) is 0 Å². The van der Waals surface area contributed by atoms with Gasteiger partial charge < -0.3 is 10.5 Å². The van der Waals surface area contributed by atoms with Crippen molar-refractivity contribution in [2.75, 3.05) is 12.3 Å². The first kappa shape index (κ1) is 18.2. The van der Waals surface area contributed by atoms with Gasteiger partial charge in [-0.05, 0) is 33.7 Å². The fraction of sp³-hybridized carbons (Fsp3) is 0.900. The van der Waals surface area contributed by atoms with Crippen molar-refractivity contribution < 1.29 is 31.1 Å². The molecule has 0 amide bonds. The van der Waals surface area contributed by atoms with Gasteiger partial charge in [-0.15, -0.1) is 0 Å². The molecule has 0 saturated carbocycles. The molecule has 0 spiro atoms. The van der Waals surface area contributed by atoms with E-state index >= 15 is 0 Å². The number of carbonyl (C=O) groups is 1. The van der Waals surface area contributed by atoms with E-state index in [-0.39, 0.29) is 0 Å². The highest BCUT2D eigenvalue weighted by Crippen LogP contribution is 2.29. The highest BCUT2D eigenvalue weighted by atomic mass is 32.2. The number of carbonyl (C=O) groups excluding carboxylic acids is 1. The molecule has 114 valence electrons. The second-order valence-corrected chi connectivity index (χ2v) is 7.18. The maximum absolute atomic E-state index is 12.6. The quantitative estimate of drug-likeness (QED) is 0.766. The molecule has 0 aromatic heterocycles. The van der Waals surface area contributed by atoms with Crippen molar-refractivity contribution in [3.8, 4) is 0 Å². The van der Waals surface area contributed by atoms with Gasteiger partial charge in [0.2, 0.25) is 0 Å². The normalized spacial score (nSPS) is 15.1. The maximum atomic E-state index is 12.6. The van der Waals surface area contributed by atoms with E-state index in [1.807, 2.05) is 0 Å². The Balaban J connectivity index is 5.00. The van der Waals surface area contributed by atoms with Crippen molar-refractivity contribution in [1.82, 2.24) is 0 Å². The lowest BCUT2D eigenvalue weighted by Crippen LogP contribution is -2.42. The summed E-state index contributed by atoms with van der Waals surface area (Å²) in [6.45, 7) is 4.01. The first-order valence-corrected chi connectivity index (χ1v) is 7.21. The number of nitrogens with two attached hydrogens (primary N) is 1. The summed E-state index contributed by atoms with van der Waals surface area (Å²) in [5.74, 6) is -2.52. The average Bonchev–Trinajstić information content (AvgIpc) is 2.07. The van der Waals surface area contributed by atoms with Gasteiger partial charge in [0.15, 0.2) is 15.1 Å². The van der Waals surface area contributed by atoms with Gasteiger partial charge in [0.1, 0.15) is 11.4 Å². The molecular weight excluding hydrogens is 287 g/mol. The Morgan fingerprint density at radius 1 is 1.26 bits per heavy atom. The Bertz CT molecular complexity index is 411. The van der Waals surface area contributed by atoms with Crippen LogP contribution in [-0.4, -0.2) is 43.7 Å². The van der Waals surface area contributed by atoms with Crippen molar-refractivity contribution in [2.45, 2.75) is 44.2 Å². The molecule has 0 aromatic carbocycles. The Kier molecular flexibility index (Phi) is 5.82. The van der Waals surface area contributed by atoms with Crippen LogP contribution in [0.1, 0.15) is 27.2 Å². The van der Waals surface area contributed by atoms with E-state index in [2.05, 4.69) is 0 Å². The molecule has 0 aromatic rings. The topological polar surface area (TPSA) is 86.5 Å². The Hall–Kier alpha value is -0.830. The fourth-order valence-corrected chi connectivity index (χ4v) is 2.83. The number of sulfone groups is 1. The predicted octanol–water partition coefficient (Wildman–Crippen LogP) is 1.02. The molecule has 0 rings (SSSR count). The number of ether oxygens (including phenoxy) is 1. The molecule has 0 saturated heterocycles. The Morgan fingerprint density at radius 2 is 1.74 bits per heavy atom. The van der Waals surface area contributed by atoms with Gasteiger partial charge in [-0.1, -0.05) is 0 Å². The third-order valence-electron chi connectivity index (χ3n) is 1.97. The molecule has 0 fully saturated rings. The SMILES string of the molecule is CC(C)(C)OC(=O)CS(=O)(=O)C(CCN)C(F)(F)F. The van der Waals surface area contributed by atoms with Gasteiger partial charge in [0.05, 0.1) is 0 Å². The minimum absolute atomic E-state index is 0.447. The van der Waals surface area contributed by atoms with Crippen LogP contribution in [0.25, 0.3) is 0 Å². The lowest BCUT2D eigenvalue weighted by Gasteiger charge is -2.22. The highest BCUT2D eigenvalue weighted by Gasteiger charge is 2.48. The van der Waals surface area contributed by atoms with E-state index in [1.165, 1.54) is 20.8 Å². The van der Waals surface area contributed by atoms with Crippen molar-refractivity contribution in [3.63, 3.8) is 0 Å². The van der Waals surface area contributed by atoms with E-state index in [1.54, 1.807) is 0 Å². The largest absolute Gasteiger partial charge is 0.459 e. The van der Waals surface area contributed by atoms with Crippen LogP contribution in [0, 0.1) is 0 Å². The Morgan fingerprint density at radius 3 is 2.05 bits per heavy atom. The molecule has 0 heterocycles. The molecule has 19 heavy (non-hydrogen) atoms. The van der Waals surface area contributed by atoms with Crippen LogP contribution in [-0.2, 0) is 19.4 Å². The molecule has 0 aliphatic rings. The minimum atomic E-state index is -4.96. The van der Waals surface area contributed by atoms with E-state index < -0.39 is 51.6 Å². The third-order valence-corrected chi connectivity index (χ3v) is 3.97. The monoisotopic (exact) mass is 305 g/mol. The minimum Gasteiger partial charge on any atom is -0.459 e. The smallest absolute Gasteiger partial charge is 0.405 e. The summed E-state index contributed by atoms with van der Waals surface area (Å²) in [6.07, 6.45) is -5.74. The summed E-state index contributed by atoms with van der Waals surface area (Å²) < 4.78 is 65.7. The maximum Gasteiger partial charge on any atom is 0.405 e. The predicted molar refractivity (Wildman–Crippen MR) is 63.1 cm³/mol. The molecule has 0 aliphatic carbocycles. The number of halogens is 3. The Labute approximate surface area is 110 Å². The zero-order valence-electron chi connectivity index (χ0n) is 11.0. The first-order valence-electron chi connectivity index (χ1n) is 5.50. The summed E-state index contributed by atoms with van der Waals surface area (Å²) >= 11 is 0. The number of hydrogen-bond acceptors (Lipinski definition) is 5. The lowest BCUT2D eigenvalue weighted by molar-refractivity contribution is -0.151. The summed E-state index contributed by atoms with van der Waals surface area (Å²) in [6, 6.07) is 0. The van der Waals surface area contributed by atoms with Gasteiger partial charge in [-0.25, -0.2) is 8.42 Å². The average molecular weight is 305 g/mol. The molecule has 0 aliphatic heterocycles. The zero-order valence-corrected chi connectivity index (χ0v) is 11.8. The van der Waals surface area contributed by atoms with Gasteiger partial charge in [0.25, 0.3) is 0 Å². The summed E-state index contributed by atoms with van der Waals surface area (Å²) in [5, 5.41) is -2.64. The summed E-state index contributed by atoms with van der Waals surface area (Å²) in [5.41, 5.74) is 4.01. The van der Waals surface area contributed by atoms with Crippen LogP contribution in [0.5, 0.6) is 0 Å². The van der Waals surface area contributed by atoms with Crippen LogP contribution in [0.4, 0.5) is 13.2 Å². The second kappa shape index (κ2) is 6.08. The van der Waals surface area contributed by atoms with E-state index in [9.17, 15) is 26.4 Å². The first-order chi connectivity index (χ1) is 8.29. The molecule has 0 bridgehead atoms. The second-order valence-electron chi connectivity index (χ2n) is 5.00. The summed E-state index contributed by atoms with van der Waals surface area (Å²) in [4.78, 5) is 11.3. The number of hydrogen-bond donors (Lipinski definition) is 1. The zero-order chi connectivity index (χ0) is 15.5. The molecule has 2 N–H and O–H groups in total. The number of alkyl halides is 3. The molecule has 1 atom stereocenters. The molecule has 1 unspecified atom stereocenters. The molecule has 5 nitrogen and oxygen atoms in total. The lowest BCUT2D eigenvalue weighted by atomic mass is 10.2. The van der Waals surface area contributed by atoms with Crippen molar-refractivity contribution >= 4 is 15.8 Å².